The summed E-state index contributed by atoms with van der Waals surface area (Å²) >= 11 is 0. The second-order valence-corrected chi connectivity index (χ2v) is 3.06. The molecule has 1 aromatic heterocycles. The number of hydrogen-bond acceptors (Lipinski definition) is 2. The molecule has 1 aromatic rings. The number of alkyl halides is 1. The van der Waals surface area contributed by atoms with Crippen LogP contribution in [0, 0.1) is 0 Å². The lowest BCUT2D eigenvalue weighted by Crippen LogP contribution is -2.24. The van der Waals surface area contributed by atoms with Crippen molar-refractivity contribution in [2.24, 2.45) is 7.05 Å². The van der Waals surface area contributed by atoms with E-state index in [0.29, 0.717) is 5.69 Å². The minimum Gasteiger partial charge on any atom is -0.311 e. The van der Waals surface area contributed by atoms with Crippen LogP contribution in [0.25, 0.3) is 0 Å². The van der Waals surface area contributed by atoms with Crippen LogP contribution in [-0.2, 0) is 26.7 Å². The first-order chi connectivity index (χ1) is 5.83. The van der Waals surface area contributed by atoms with E-state index in [2.05, 4.69) is 10.4 Å². The molecule has 2 heterocycles. The molecule has 66 valence electrons. The predicted molar refractivity (Wildman–Crippen MR) is 43.4 cm³/mol. The van der Waals surface area contributed by atoms with E-state index in [4.69, 9.17) is 0 Å². The number of aryl methyl sites for hydroxylation is 1. The first-order valence-electron chi connectivity index (χ1n) is 4.13. The number of hydrogen-bond donors (Lipinski definition) is 1. The van der Waals surface area contributed by atoms with E-state index in [1.807, 2.05) is 7.05 Å². The minimum absolute atomic E-state index is 0.441. The first-order valence-corrected chi connectivity index (χ1v) is 4.13. The van der Waals surface area contributed by atoms with Crippen LogP contribution in [0.1, 0.15) is 17.0 Å². The zero-order chi connectivity index (χ0) is 8.55. The van der Waals surface area contributed by atoms with Crippen molar-refractivity contribution < 1.29 is 4.39 Å². The number of rotatable bonds is 1. The molecule has 1 aliphatic rings. The summed E-state index contributed by atoms with van der Waals surface area (Å²) in [4.78, 5) is 0. The predicted octanol–water partition coefficient (Wildman–Crippen LogP) is 0.535. The topological polar surface area (TPSA) is 29.9 Å². The van der Waals surface area contributed by atoms with Crippen LogP contribution >= 0.6 is 0 Å². The highest BCUT2D eigenvalue weighted by Gasteiger charge is 2.18. The third kappa shape index (κ3) is 1.03. The summed E-state index contributed by atoms with van der Waals surface area (Å²) in [5.41, 5.74) is 2.86. The maximum absolute atomic E-state index is 12.4. The van der Waals surface area contributed by atoms with Crippen LogP contribution in [-0.4, -0.2) is 16.3 Å². The molecule has 0 amide bonds. The Morgan fingerprint density at radius 3 is 3.25 bits per heavy atom. The minimum atomic E-state index is -0.441. The number of fused-ring (bicyclic) bond motifs is 1. The molecule has 4 heteroatoms. The van der Waals surface area contributed by atoms with Gasteiger partial charge in [0.1, 0.15) is 6.67 Å². The van der Waals surface area contributed by atoms with Crippen LogP contribution in [0.4, 0.5) is 4.39 Å². The fourth-order valence-electron chi connectivity index (χ4n) is 1.70. The third-order valence-electron chi connectivity index (χ3n) is 2.33. The summed E-state index contributed by atoms with van der Waals surface area (Å²) in [6.45, 7) is 1.31. The summed E-state index contributed by atoms with van der Waals surface area (Å²) < 4.78 is 14.2. The second-order valence-electron chi connectivity index (χ2n) is 3.06. The zero-order valence-electron chi connectivity index (χ0n) is 7.10. The van der Waals surface area contributed by atoms with Gasteiger partial charge in [-0.25, -0.2) is 4.39 Å². The molecule has 1 aliphatic heterocycles. The van der Waals surface area contributed by atoms with Gasteiger partial charge in [0.2, 0.25) is 0 Å². The van der Waals surface area contributed by atoms with Gasteiger partial charge in [0.05, 0.1) is 11.4 Å². The maximum Gasteiger partial charge on any atom is 0.134 e. The molecule has 3 nitrogen and oxygen atoms in total. The van der Waals surface area contributed by atoms with Gasteiger partial charge in [-0.1, -0.05) is 0 Å². The normalized spacial score (nSPS) is 16.2. The van der Waals surface area contributed by atoms with Crippen LogP contribution in [0.15, 0.2) is 0 Å². The van der Waals surface area contributed by atoms with Gasteiger partial charge in [-0.05, 0) is 13.0 Å². The Labute approximate surface area is 70.6 Å². The van der Waals surface area contributed by atoms with Crippen molar-refractivity contribution in [3.8, 4) is 0 Å². The van der Waals surface area contributed by atoms with Crippen LogP contribution in [0.3, 0.4) is 0 Å². The van der Waals surface area contributed by atoms with E-state index in [9.17, 15) is 4.39 Å². The van der Waals surface area contributed by atoms with Crippen molar-refractivity contribution in [2.75, 3.05) is 6.54 Å². The lowest BCUT2D eigenvalue weighted by molar-refractivity contribution is 0.469. The molecule has 12 heavy (non-hydrogen) atoms. The smallest absolute Gasteiger partial charge is 0.134 e. The molecule has 2 rings (SSSR count). The molecule has 0 aliphatic carbocycles. The van der Waals surface area contributed by atoms with Crippen molar-refractivity contribution in [3.63, 3.8) is 0 Å². The monoisotopic (exact) mass is 169 g/mol. The molecule has 0 saturated heterocycles. The molecular weight excluding hydrogens is 157 g/mol. The average molecular weight is 169 g/mol. The second kappa shape index (κ2) is 2.86. The number of nitrogens with one attached hydrogen (secondary N) is 1. The summed E-state index contributed by atoms with van der Waals surface area (Å²) in [6.07, 6.45) is 0.905. The Balaban J connectivity index is 2.47. The molecule has 0 fully saturated rings. The van der Waals surface area contributed by atoms with Crippen LogP contribution in [0.5, 0.6) is 0 Å². The fourth-order valence-corrected chi connectivity index (χ4v) is 1.70. The van der Waals surface area contributed by atoms with Gasteiger partial charge in [0.25, 0.3) is 0 Å². The molecule has 0 unspecified atom stereocenters. The van der Waals surface area contributed by atoms with E-state index in [1.54, 1.807) is 4.68 Å². The molecule has 0 radical (unpaired) electrons. The Kier molecular flexibility index (Phi) is 1.84. The largest absolute Gasteiger partial charge is 0.311 e. The van der Waals surface area contributed by atoms with E-state index >= 15 is 0 Å². The Morgan fingerprint density at radius 1 is 1.67 bits per heavy atom. The van der Waals surface area contributed by atoms with Crippen molar-refractivity contribution >= 4 is 0 Å². The molecule has 0 bridgehead atoms. The highest BCUT2D eigenvalue weighted by atomic mass is 19.1. The lowest BCUT2D eigenvalue weighted by atomic mass is 10.1. The number of halogens is 1. The summed E-state index contributed by atoms with van der Waals surface area (Å²) in [6, 6.07) is 0. The zero-order valence-corrected chi connectivity index (χ0v) is 7.10. The molecular formula is C8H12FN3. The van der Waals surface area contributed by atoms with Crippen molar-refractivity contribution in [1.29, 1.82) is 0 Å². The quantitative estimate of drug-likeness (QED) is 0.664. The number of aromatic nitrogens is 2. The highest BCUT2D eigenvalue weighted by molar-refractivity contribution is 5.28. The third-order valence-corrected chi connectivity index (χ3v) is 2.33. The Hall–Kier alpha value is -0.900. The number of nitrogens with zero attached hydrogens (tertiary/aromatic N) is 2. The van der Waals surface area contributed by atoms with Gasteiger partial charge in [0, 0.05) is 19.2 Å². The van der Waals surface area contributed by atoms with Gasteiger partial charge < -0.3 is 5.32 Å². The van der Waals surface area contributed by atoms with Crippen molar-refractivity contribution in [1.82, 2.24) is 15.1 Å². The average Bonchev–Trinajstić information content (AvgIpc) is 2.44. The van der Waals surface area contributed by atoms with E-state index < -0.39 is 6.67 Å². The Bertz CT molecular complexity index is 293. The first kappa shape index (κ1) is 7.73. The van der Waals surface area contributed by atoms with Gasteiger partial charge in [-0.2, -0.15) is 5.10 Å². The van der Waals surface area contributed by atoms with Gasteiger partial charge in [0.15, 0.2) is 0 Å². The standard InChI is InChI=1S/C8H12FN3/c1-12-8-5-10-3-2-6(8)7(4-9)11-12/h10H,2-5H2,1H3. The molecule has 0 aromatic carbocycles. The molecule has 0 saturated carbocycles. The van der Waals surface area contributed by atoms with Crippen LogP contribution in [0.2, 0.25) is 0 Å². The van der Waals surface area contributed by atoms with E-state index in [1.165, 1.54) is 0 Å². The Morgan fingerprint density at radius 2 is 2.50 bits per heavy atom. The van der Waals surface area contributed by atoms with Crippen molar-refractivity contribution in [2.45, 2.75) is 19.6 Å². The van der Waals surface area contributed by atoms with Gasteiger partial charge in [-0.15, -0.1) is 0 Å². The summed E-state index contributed by atoms with van der Waals surface area (Å²) in [7, 11) is 1.87. The fraction of sp³-hybridized carbons (Fsp3) is 0.625. The van der Waals surface area contributed by atoms with Crippen molar-refractivity contribution in [3.05, 3.63) is 17.0 Å². The maximum atomic E-state index is 12.4. The molecule has 1 N–H and O–H groups in total. The van der Waals surface area contributed by atoms with Gasteiger partial charge in [-0.3, -0.25) is 4.68 Å². The molecule has 0 spiro atoms. The van der Waals surface area contributed by atoms with Gasteiger partial charge >= 0.3 is 0 Å². The highest BCUT2D eigenvalue weighted by Crippen LogP contribution is 2.17. The van der Waals surface area contributed by atoms with E-state index in [0.717, 1.165) is 30.8 Å². The summed E-state index contributed by atoms with van der Waals surface area (Å²) in [5, 5.41) is 7.35. The van der Waals surface area contributed by atoms with Crippen LogP contribution < -0.4 is 5.32 Å². The van der Waals surface area contributed by atoms with E-state index in [-0.39, 0.29) is 0 Å². The molecule has 0 atom stereocenters. The lowest BCUT2D eigenvalue weighted by Gasteiger charge is -2.13. The summed E-state index contributed by atoms with van der Waals surface area (Å²) in [5.74, 6) is 0. The SMILES string of the molecule is Cn1nc(CF)c2c1CNCC2.